The minimum Gasteiger partial charge on any atom is -0.303 e. The van der Waals surface area contributed by atoms with Gasteiger partial charge in [-0.25, -0.2) is 4.57 Å². The van der Waals surface area contributed by atoms with E-state index in [4.69, 9.17) is 19.2 Å². The summed E-state index contributed by atoms with van der Waals surface area (Å²) in [5, 5.41) is 10.7. The molecule has 53 heavy (non-hydrogen) atoms. The molecule has 0 unspecified atom stereocenters. The highest BCUT2D eigenvalue weighted by molar-refractivity contribution is 7.45. The van der Waals surface area contributed by atoms with Crippen LogP contribution in [0.4, 0.5) is 0 Å². The van der Waals surface area contributed by atoms with Gasteiger partial charge in [0, 0.05) is 0 Å². The van der Waals surface area contributed by atoms with Gasteiger partial charge in [0.2, 0.25) is 0 Å². The van der Waals surface area contributed by atoms with Crippen LogP contribution in [0.25, 0.3) is 76.5 Å². The fourth-order valence-corrected chi connectivity index (χ4v) is 9.11. The zero-order valence-electron chi connectivity index (χ0n) is 29.6. The van der Waals surface area contributed by atoms with Gasteiger partial charge in [0.1, 0.15) is 0 Å². The first-order valence-electron chi connectivity index (χ1n) is 18.7. The largest absolute Gasteiger partial charge is 0.466 e. The molecule has 0 aliphatic heterocycles. The van der Waals surface area contributed by atoms with Crippen LogP contribution in [-0.2, 0) is 30.2 Å². The van der Waals surface area contributed by atoms with Crippen LogP contribution in [0.3, 0.4) is 0 Å². The van der Waals surface area contributed by atoms with Gasteiger partial charge in [0.15, 0.2) is 0 Å². The zero-order chi connectivity index (χ0) is 36.1. The molecule has 0 bridgehead atoms. The number of aryl methyl sites for hydroxylation is 2. The van der Waals surface area contributed by atoms with Crippen molar-refractivity contribution >= 4 is 50.9 Å². The molecule has 0 atom stereocenters. The summed E-state index contributed by atoms with van der Waals surface area (Å²) in [4.78, 5) is 21.6. The second-order valence-electron chi connectivity index (χ2n) is 14.6. The molecule has 0 radical (unpaired) electrons. The van der Waals surface area contributed by atoms with Gasteiger partial charge < -0.3 is 14.7 Å². The van der Waals surface area contributed by atoms with E-state index in [1.165, 1.54) is 128 Å². The van der Waals surface area contributed by atoms with Crippen molar-refractivity contribution in [3.8, 4) is 33.4 Å². The molecule has 0 spiro atoms. The molecule has 8 aromatic carbocycles. The van der Waals surface area contributed by atoms with E-state index in [1.807, 2.05) is 0 Å². The van der Waals surface area contributed by atoms with Gasteiger partial charge in [-0.05, 0) is 174 Å². The minimum absolute atomic E-state index is 1.17. The predicted octanol–water partition coefficient (Wildman–Crippen LogP) is 12.1. The van der Waals surface area contributed by atoms with E-state index < -0.39 is 7.82 Å². The number of fused-ring (bicyclic) bond motifs is 8. The topological polar surface area (TPSA) is 77.8 Å². The van der Waals surface area contributed by atoms with E-state index in [-0.39, 0.29) is 0 Å². The third-order valence-corrected chi connectivity index (χ3v) is 11.4. The molecular weight excluding hydrogens is 671 g/mol. The average Bonchev–Trinajstić information content (AvgIpc) is 3.19. The van der Waals surface area contributed by atoms with Crippen molar-refractivity contribution < 1.29 is 19.2 Å². The molecule has 3 N–H and O–H groups in total. The van der Waals surface area contributed by atoms with Crippen molar-refractivity contribution in [2.75, 3.05) is 0 Å². The molecule has 0 amide bonds. The lowest BCUT2D eigenvalue weighted by Crippen LogP contribution is -2.09. The maximum Gasteiger partial charge on any atom is 0.466 e. The van der Waals surface area contributed by atoms with Crippen LogP contribution in [0.1, 0.15) is 47.9 Å². The Kier molecular flexibility index (Phi) is 8.73. The van der Waals surface area contributed by atoms with Crippen LogP contribution < -0.4 is 0 Å². The Bertz CT molecular complexity index is 2570. The Morgan fingerprint density at radius 1 is 0.377 bits per heavy atom. The van der Waals surface area contributed by atoms with Gasteiger partial charge in [0.25, 0.3) is 0 Å². The third-order valence-electron chi connectivity index (χ3n) is 11.4. The molecule has 10 rings (SSSR count). The van der Waals surface area contributed by atoms with Crippen molar-refractivity contribution in [1.82, 2.24) is 0 Å². The molecule has 0 saturated carbocycles. The van der Waals surface area contributed by atoms with Gasteiger partial charge in [0.05, 0.1) is 0 Å². The number of hydrogen-bond acceptors (Lipinski definition) is 1. The van der Waals surface area contributed by atoms with E-state index >= 15 is 0 Å². The highest BCUT2D eigenvalue weighted by Gasteiger charge is 2.23. The van der Waals surface area contributed by atoms with Gasteiger partial charge in [-0.3, -0.25) is 0 Å². The Hall–Kier alpha value is -5.09. The normalized spacial score (nSPS) is 14.2. The number of phosphoric acid groups is 1. The van der Waals surface area contributed by atoms with Crippen molar-refractivity contribution in [3.63, 3.8) is 0 Å². The summed E-state index contributed by atoms with van der Waals surface area (Å²) >= 11 is 0. The number of rotatable bonds is 3. The van der Waals surface area contributed by atoms with Crippen LogP contribution in [0.5, 0.6) is 0 Å². The first-order valence-corrected chi connectivity index (χ1v) is 20.3. The molecule has 262 valence electrons. The lowest BCUT2D eigenvalue weighted by molar-refractivity contribution is 0.275. The number of benzene rings is 8. The van der Waals surface area contributed by atoms with Crippen LogP contribution in [0.15, 0.2) is 133 Å². The fourth-order valence-electron chi connectivity index (χ4n) is 9.11. The Morgan fingerprint density at radius 2 is 0.717 bits per heavy atom. The van der Waals surface area contributed by atoms with E-state index in [9.17, 15) is 0 Å². The quantitative estimate of drug-likeness (QED) is 0.126. The van der Waals surface area contributed by atoms with Crippen LogP contribution >= 0.6 is 7.82 Å². The van der Waals surface area contributed by atoms with Crippen molar-refractivity contribution in [1.29, 1.82) is 0 Å². The second-order valence-corrected chi connectivity index (χ2v) is 15.7. The molecule has 0 aromatic heterocycles. The summed E-state index contributed by atoms with van der Waals surface area (Å²) in [7, 11) is -4.64. The average molecular weight is 713 g/mol. The molecule has 2 aliphatic rings. The maximum absolute atomic E-state index is 8.88. The van der Waals surface area contributed by atoms with Gasteiger partial charge in [-0.15, -0.1) is 0 Å². The fraction of sp³-hybridized carbons (Fsp3) is 0.167. The SMILES string of the molecule is O=P(O)(O)O.c1ccc2c(c1)cc(-c1cc3c(c(-c4cc(-c5cc6ccccc6c6ccccc56)cc5c4CCCC5)c1)CCCC3)c1ccccc12. The summed E-state index contributed by atoms with van der Waals surface area (Å²) in [5.74, 6) is 0. The van der Waals surface area contributed by atoms with Gasteiger partial charge in [-0.2, -0.15) is 0 Å². The molecule has 0 heterocycles. The van der Waals surface area contributed by atoms with Crippen molar-refractivity contribution in [2.24, 2.45) is 0 Å². The first-order chi connectivity index (χ1) is 25.8. The molecule has 8 aromatic rings. The Morgan fingerprint density at radius 3 is 1.13 bits per heavy atom. The Balaban J connectivity index is 0.000000700. The predicted molar refractivity (Wildman–Crippen MR) is 220 cm³/mol. The van der Waals surface area contributed by atoms with E-state index in [2.05, 4.69) is 133 Å². The summed E-state index contributed by atoms with van der Waals surface area (Å²) < 4.78 is 8.88. The van der Waals surface area contributed by atoms with Crippen LogP contribution in [-0.4, -0.2) is 14.7 Å². The van der Waals surface area contributed by atoms with Crippen LogP contribution in [0, 0.1) is 0 Å². The van der Waals surface area contributed by atoms with Gasteiger partial charge >= 0.3 is 7.82 Å². The van der Waals surface area contributed by atoms with Crippen molar-refractivity contribution in [2.45, 2.75) is 51.4 Å². The molecule has 4 nitrogen and oxygen atoms in total. The monoisotopic (exact) mass is 712 g/mol. The van der Waals surface area contributed by atoms with E-state index in [0.29, 0.717) is 0 Å². The zero-order valence-corrected chi connectivity index (χ0v) is 30.5. The number of hydrogen-bond donors (Lipinski definition) is 3. The smallest absolute Gasteiger partial charge is 0.303 e. The summed E-state index contributed by atoms with van der Waals surface area (Å²) in [6.45, 7) is 0. The Labute approximate surface area is 309 Å². The molecule has 0 saturated heterocycles. The van der Waals surface area contributed by atoms with Crippen molar-refractivity contribution in [3.05, 3.63) is 156 Å². The lowest BCUT2D eigenvalue weighted by Gasteiger charge is -2.27. The highest BCUT2D eigenvalue weighted by Crippen LogP contribution is 2.45. The second kappa shape index (κ2) is 13.7. The highest BCUT2D eigenvalue weighted by atomic mass is 31.2. The first kappa shape index (κ1) is 33.7. The molecular formula is C48H41O4P. The molecule has 0 fully saturated rings. The van der Waals surface area contributed by atoms with E-state index in [1.54, 1.807) is 22.3 Å². The lowest BCUT2D eigenvalue weighted by atomic mass is 9.78. The molecule has 2 aliphatic carbocycles. The standard InChI is InChI=1S/C48H38.H3O4P/c1-7-19-39-31(13-1)25-35(45-27-33-15-3-5-17-37(33)41-21-9-11-23-43(41)45)29-47(39)48-30-36(26-32-14-2-8-20-40(32)48)46-28-34-16-4-6-18-38(34)42-22-10-12-24-44(42)46;1-5(2,3)4/h3-6,9-12,15-18,21-30H,1-2,7-8,13-14,19-20H2;(H3,1,2,3,4). The maximum atomic E-state index is 8.88. The van der Waals surface area contributed by atoms with Crippen LogP contribution in [0.2, 0.25) is 0 Å². The summed E-state index contributed by atoms with van der Waals surface area (Å²) in [6.07, 6.45) is 9.76. The molecule has 5 heteroatoms. The third kappa shape index (κ3) is 6.47. The van der Waals surface area contributed by atoms with E-state index in [0.717, 1.165) is 0 Å². The van der Waals surface area contributed by atoms with Gasteiger partial charge in [-0.1, -0.05) is 109 Å². The minimum atomic E-state index is -4.64. The summed E-state index contributed by atoms with van der Waals surface area (Å²) in [6, 6.07) is 50.9. The summed E-state index contributed by atoms with van der Waals surface area (Å²) in [5.41, 5.74) is 14.7.